The molecule has 2 heterocycles. The molecule has 2 aromatic heterocycles. The molecule has 4 rings (SSSR count). The Balaban J connectivity index is 1.32. The third kappa shape index (κ3) is 5.34. The average Bonchev–Trinajstić information content (AvgIpc) is 3.23. The van der Waals surface area contributed by atoms with E-state index in [2.05, 4.69) is 25.5 Å². The summed E-state index contributed by atoms with van der Waals surface area (Å²) in [5.41, 5.74) is 1.34. The molecule has 0 radical (unpaired) electrons. The number of ether oxygens (including phenoxy) is 1. The van der Waals surface area contributed by atoms with Gasteiger partial charge in [-0.3, -0.25) is 9.78 Å². The maximum Gasteiger partial charge on any atom is 0.277 e. The number of nitrogens with zero attached hydrogens (tertiary/aromatic N) is 4. The number of rotatable bonds is 7. The lowest BCUT2D eigenvalue weighted by Gasteiger charge is -2.07. The molecule has 0 spiro atoms. The Hall–Kier alpha value is -3.43. The number of carbonyl (C=O) groups excluding carboxylic acids is 1. The summed E-state index contributed by atoms with van der Waals surface area (Å²) in [6, 6.07) is 14.0. The van der Waals surface area contributed by atoms with Crippen molar-refractivity contribution in [2.75, 3.05) is 11.1 Å². The lowest BCUT2D eigenvalue weighted by Crippen LogP contribution is -2.13. The van der Waals surface area contributed by atoms with E-state index in [1.807, 2.05) is 0 Å². The number of benzene rings is 2. The second kappa shape index (κ2) is 9.38. The fourth-order valence-corrected chi connectivity index (χ4v) is 3.09. The molecule has 10 heteroatoms. The standard InChI is InChI=1S/C20H14ClN5O3S/c21-14-6-4-13(5-7-14)19-25-26-20(29-19)30-12-17(27)24-15-2-1-3-16(10-15)28-18-11-22-8-9-23-18/h1-11H,12H2,(H,24,27). The quantitative estimate of drug-likeness (QED) is 0.413. The van der Waals surface area contributed by atoms with Gasteiger partial charge in [0.05, 0.1) is 11.9 Å². The van der Waals surface area contributed by atoms with Crippen LogP contribution in [0, 0.1) is 0 Å². The van der Waals surface area contributed by atoms with E-state index in [0.29, 0.717) is 33.5 Å². The van der Waals surface area contributed by atoms with Crippen molar-refractivity contribution >= 4 is 35.0 Å². The van der Waals surface area contributed by atoms with E-state index in [9.17, 15) is 4.79 Å². The second-order valence-corrected chi connectivity index (χ2v) is 7.25. The normalized spacial score (nSPS) is 10.6. The second-order valence-electron chi connectivity index (χ2n) is 5.89. The van der Waals surface area contributed by atoms with Crippen LogP contribution in [0.1, 0.15) is 0 Å². The van der Waals surface area contributed by atoms with Gasteiger partial charge in [-0.2, -0.15) is 0 Å². The summed E-state index contributed by atoms with van der Waals surface area (Å²) in [4.78, 5) is 20.3. The van der Waals surface area contributed by atoms with E-state index in [1.54, 1.807) is 54.7 Å². The van der Waals surface area contributed by atoms with Crippen LogP contribution in [0.4, 0.5) is 5.69 Å². The van der Waals surface area contributed by atoms with Crippen LogP contribution in [0.3, 0.4) is 0 Å². The van der Waals surface area contributed by atoms with E-state index in [-0.39, 0.29) is 11.7 Å². The molecule has 0 aliphatic carbocycles. The first-order valence-electron chi connectivity index (χ1n) is 8.72. The topological polar surface area (TPSA) is 103 Å². The fourth-order valence-electron chi connectivity index (χ4n) is 2.40. The Kier molecular flexibility index (Phi) is 6.21. The van der Waals surface area contributed by atoms with Crippen molar-refractivity contribution in [2.45, 2.75) is 5.22 Å². The minimum Gasteiger partial charge on any atom is -0.437 e. The number of nitrogens with one attached hydrogen (secondary N) is 1. The van der Waals surface area contributed by atoms with Crippen LogP contribution in [-0.2, 0) is 4.79 Å². The minimum atomic E-state index is -0.220. The summed E-state index contributed by atoms with van der Waals surface area (Å²) in [5, 5.41) is 11.7. The van der Waals surface area contributed by atoms with Crippen LogP contribution in [0.15, 0.2) is 76.8 Å². The van der Waals surface area contributed by atoms with Crippen LogP contribution in [-0.4, -0.2) is 31.8 Å². The highest BCUT2D eigenvalue weighted by Gasteiger charge is 2.12. The molecule has 150 valence electrons. The predicted molar refractivity (Wildman–Crippen MR) is 113 cm³/mol. The molecule has 0 bridgehead atoms. The Morgan fingerprint density at radius 3 is 2.80 bits per heavy atom. The lowest BCUT2D eigenvalue weighted by atomic mass is 10.2. The molecule has 0 aliphatic heterocycles. The molecule has 30 heavy (non-hydrogen) atoms. The van der Waals surface area contributed by atoms with Crippen LogP contribution >= 0.6 is 23.4 Å². The number of hydrogen-bond donors (Lipinski definition) is 1. The zero-order valence-electron chi connectivity index (χ0n) is 15.4. The molecule has 0 atom stereocenters. The van der Waals surface area contributed by atoms with Gasteiger partial charge in [0, 0.05) is 34.7 Å². The zero-order chi connectivity index (χ0) is 20.8. The number of halogens is 1. The number of amides is 1. The summed E-state index contributed by atoms with van der Waals surface area (Å²) in [5.74, 6) is 1.15. The number of thioether (sulfide) groups is 1. The maximum absolute atomic E-state index is 12.3. The molecule has 0 aliphatic rings. The van der Waals surface area contributed by atoms with Gasteiger partial charge in [0.25, 0.3) is 5.22 Å². The van der Waals surface area contributed by atoms with E-state index < -0.39 is 0 Å². The van der Waals surface area contributed by atoms with Crippen molar-refractivity contribution in [2.24, 2.45) is 0 Å². The SMILES string of the molecule is O=C(CSc1nnc(-c2ccc(Cl)cc2)o1)Nc1cccc(Oc2cnccn2)c1. The van der Waals surface area contributed by atoms with Gasteiger partial charge in [0.1, 0.15) is 5.75 Å². The summed E-state index contributed by atoms with van der Waals surface area (Å²) >= 11 is 7.02. The van der Waals surface area contributed by atoms with Crippen molar-refractivity contribution < 1.29 is 13.9 Å². The molecule has 0 saturated heterocycles. The smallest absolute Gasteiger partial charge is 0.277 e. The first-order valence-corrected chi connectivity index (χ1v) is 10.1. The summed E-state index contributed by atoms with van der Waals surface area (Å²) in [6.45, 7) is 0. The van der Waals surface area contributed by atoms with Crippen molar-refractivity contribution in [1.82, 2.24) is 20.2 Å². The third-order valence-corrected chi connectivity index (χ3v) is 4.77. The van der Waals surface area contributed by atoms with Crippen molar-refractivity contribution in [3.05, 3.63) is 72.1 Å². The number of anilines is 1. The zero-order valence-corrected chi connectivity index (χ0v) is 16.9. The van der Waals surface area contributed by atoms with Crippen molar-refractivity contribution in [1.29, 1.82) is 0 Å². The summed E-state index contributed by atoms with van der Waals surface area (Å²) in [6.07, 6.45) is 4.60. The molecule has 0 saturated carbocycles. The van der Waals surface area contributed by atoms with E-state index >= 15 is 0 Å². The van der Waals surface area contributed by atoms with Gasteiger partial charge < -0.3 is 14.5 Å². The van der Waals surface area contributed by atoms with Gasteiger partial charge in [-0.15, -0.1) is 10.2 Å². The molecule has 1 amide bonds. The van der Waals surface area contributed by atoms with Crippen LogP contribution in [0.5, 0.6) is 11.6 Å². The van der Waals surface area contributed by atoms with Gasteiger partial charge in [0.2, 0.25) is 17.7 Å². The first-order chi connectivity index (χ1) is 14.7. The molecule has 2 aromatic carbocycles. The Bertz CT molecular complexity index is 1140. The Morgan fingerprint density at radius 1 is 1.13 bits per heavy atom. The highest BCUT2D eigenvalue weighted by atomic mass is 35.5. The van der Waals surface area contributed by atoms with E-state index in [1.165, 1.54) is 12.4 Å². The molecular formula is C20H14ClN5O3S. The average molecular weight is 440 g/mol. The summed E-state index contributed by atoms with van der Waals surface area (Å²) in [7, 11) is 0. The minimum absolute atomic E-state index is 0.109. The van der Waals surface area contributed by atoms with Crippen LogP contribution in [0.25, 0.3) is 11.5 Å². The molecule has 0 unspecified atom stereocenters. The molecule has 8 nitrogen and oxygen atoms in total. The predicted octanol–water partition coefficient (Wildman–Crippen LogP) is 4.70. The van der Waals surface area contributed by atoms with Gasteiger partial charge in [-0.1, -0.05) is 29.4 Å². The number of carbonyl (C=O) groups is 1. The van der Waals surface area contributed by atoms with Gasteiger partial charge >= 0.3 is 0 Å². The number of hydrogen-bond acceptors (Lipinski definition) is 8. The Labute approximate surface area is 180 Å². The lowest BCUT2D eigenvalue weighted by molar-refractivity contribution is -0.113. The number of aromatic nitrogens is 4. The Morgan fingerprint density at radius 2 is 2.00 bits per heavy atom. The van der Waals surface area contributed by atoms with Crippen LogP contribution in [0.2, 0.25) is 5.02 Å². The first kappa shape index (κ1) is 19.9. The van der Waals surface area contributed by atoms with Gasteiger partial charge in [-0.05, 0) is 36.4 Å². The molecular weight excluding hydrogens is 426 g/mol. The molecule has 0 fully saturated rings. The maximum atomic E-state index is 12.3. The van der Waals surface area contributed by atoms with Gasteiger partial charge in [0.15, 0.2) is 0 Å². The monoisotopic (exact) mass is 439 g/mol. The van der Waals surface area contributed by atoms with Gasteiger partial charge in [-0.25, -0.2) is 4.98 Å². The van der Waals surface area contributed by atoms with Crippen molar-refractivity contribution in [3.8, 4) is 23.1 Å². The van der Waals surface area contributed by atoms with Crippen molar-refractivity contribution in [3.63, 3.8) is 0 Å². The van der Waals surface area contributed by atoms with Crippen LogP contribution < -0.4 is 10.1 Å². The highest BCUT2D eigenvalue weighted by molar-refractivity contribution is 7.99. The third-order valence-electron chi connectivity index (χ3n) is 3.70. The molecule has 4 aromatic rings. The van der Waals surface area contributed by atoms with E-state index in [4.69, 9.17) is 20.8 Å². The fraction of sp³-hybridized carbons (Fsp3) is 0.0500. The largest absolute Gasteiger partial charge is 0.437 e. The summed E-state index contributed by atoms with van der Waals surface area (Å²) < 4.78 is 11.2. The molecule has 1 N–H and O–H groups in total. The van der Waals surface area contributed by atoms with E-state index in [0.717, 1.165) is 17.3 Å². The highest BCUT2D eigenvalue weighted by Crippen LogP contribution is 2.25.